The summed E-state index contributed by atoms with van der Waals surface area (Å²) in [6, 6.07) is 15.9. The molecule has 24 heavy (non-hydrogen) atoms. The average Bonchev–Trinajstić information content (AvgIpc) is 2.59. The van der Waals surface area contributed by atoms with E-state index in [9.17, 15) is 19.8 Å². The molecule has 0 spiro atoms. The minimum absolute atomic E-state index is 0.0889. The first-order valence-electron chi connectivity index (χ1n) is 7.69. The Morgan fingerprint density at radius 1 is 0.708 bits per heavy atom. The zero-order valence-electron chi connectivity index (χ0n) is 13.1. The van der Waals surface area contributed by atoms with Crippen LogP contribution in [0, 0.1) is 11.8 Å². The molecule has 0 aliphatic carbocycles. The van der Waals surface area contributed by atoms with E-state index in [1.165, 1.54) is 0 Å². The Kier molecular flexibility index (Phi) is 6.09. The molecule has 2 aromatic rings. The predicted octanol–water partition coefficient (Wildman–Crippen LogP) is 2.37. The van der Waals surface area contributed by atoms with Gasteiger partial charge in [-0.05, 0) is 29.5 Å². The van der Waals surface area contributed by atoms with Gasteiger partial charge in [-0.25, -0.2) is 0 Å². The maximum absolute atomic E-state index is 11.7. The summed E-state index contributed by atoms with van der Waals surface area (Å²) in [5, 5.41) is 28.1. The molecule has 0 aliphatic heterocycles. The van der Waals surface area contributed by atoms with Crippen LogP contribution in [0.3, 0.4) is 0 Å². The fourth-order valence-corrected chi connectivity index (χ4v) is 2.71. The summed E-state index contributed by atoms with van der Waals surface area (Å²) in [5.74, 6) is -4.27. The Bertz CT molecular complexity index is 679. The highest BCUT2D eigenvalue weighted by Gasteiger charge is 2.33. The molecule has 0 unspecified atom stereocenters. The van der Waals surface area contributed by atoms with E-state index in [4.69, 9.17) is 5.11 Å². The quantitative estimate of drug-likeness (QED) is 0.691. The summed E-state index contributed by atoms with van der Waals surface area (Å²) in [7, 11) is 0. The van der Waals surface area contributed by atoms with Crippen molar-refractivity contribution in [1.29, 1.82) is 0 Å². The second-order valence-corrected chi connectivity index (χ2v) is 5.76. The van der Waals surface area contributed by atoms with Crippen LogP contribution < -0.4 is 0 Å². The van der Waals surface area contributed by atoms with Crippen LogP contribution in [0.5, 0.6) is 0 Å². The number of aliphatic hydroxyl groups is 1. The van der Waals surface area contributed by atoms with Crippen LogP contribution in [0.15, 0.2) is 54.6 Å². The Morgan fingerprint density at radius 3 is 1.54 bits per heavy atom. The molecular weight excluding hydrogens is 308 g/mol. The first kappa shape index (κ1) is 17.7. The van der Waals surface area contributed by atoms with Gasteiger partial charge in [0.1, 0.15) is 0 Å². The second-order valence-electron chi connectivity index (χ2n) is 5.76. The van der Waals surface area contributed by atoms with Crippen LogP contribution in [0.4, 0.5) is 0 Å². The molecule has 0 aromatic heterocycles. The summed E-state index contributed by atoms with van der Waals surface area (Å²) in [4.78, 5) is 23.3. The maximum atomic E-state index is 11.7. The van der Waals surface area contributed by atoms with Crippen molar-refractivity contribution in [2.45, 2.75) is 19.4 Å². The fraction of sp³-hybridized carbons (Fsp3) is 0.263. The molecule has 0 bridgehead atoms. The van der Waals surface area contributed by atoms with E-state index >= 15 is 0 Å². The van der Waals surface area contributed by atoms with E-state index in [2.05, 4.69) is 0 Å². The zero-order chi connectivity index (χ0) is 17.5. The minimum atomic E-state index is -1.12. The number of hydrogen-bond donors (Lipinski definition) is 3. The molecule has 5 nitrogen and oxygen atoms in total. The third-order valence-electron chi connectivity index (χ3n) is 4.08. The number of carboxylic acids is 2. The monoisotopic (exact) mass is 328 g/mol. The van der Waals surface area contributed by atoms with Crippen molar-refractivity contribution in [3.63, 3.8) is 0 Å². The molecule has 0 radical (unpaired) electrons. The third kappa shape index (κ3) is 4.67. The van der Waals surface area contributed by atoms with Crippen molar-refractivity contribution in [3.8, 4) is 0 Å². The van der Waals surface area contributed by atoms with Crippen molar-refractivity contribution in [3.05, 3.63) is 71.3 Å². The highest BCUT2D eigenvalue weighted by Crippen LogP contribution is 2.23. The smallest absolute Gasteiger partial charge is 0.307 e. The highest BCUT2D eigenvalue weighted by molar-refractivity contribution is 5.80. The number of rotatable bonds is 8. The summed E-state index contributed by atoms with van der Waals surface area (Å²) < 4.78 is 0. The number of carboxylic acid groups (broad SMARTS) is 2. The SMILES string of the molecule is O=C(O)[C@@H](Cc1ccccc1)[C@H](Cc1ccc(CO)cc1)C(=O)O. The largest absolute Gasteiger partial charge is 0.481 e. The first-order chi connectivity index (χ1) is 11.5. The fourth-order valence-electron chi connectivity index (χ4n) is 2.71. The predicted molar refractivity (Wildman–Crippen MR) is 88.5 cm³/mol. The maximum Gasteiger partial charge on any atom is 0.307 e. The van der Waals surface area contributed by atoms with Crippen molar-refractivity contribution in [2.75, 3.05) is 0 Å². The molecule has 5 heteroatoms. The lowest BCUT2D eigenvalue weighted by Gasteiger charge is -2.21. The van der Waals surface area contributed by atoms with Gasteiger partial charge in [-0.2, -0.15) is 0 Å². The molecule has 0 aliphatic rings. The summed E-state index contributed by atoms with van der Waals surface area (Å²) in [6.45, 7) is -0.0889. The van der Waals surface area contributed by atoms with Crippen LogP contribution in [-0.2, 0) is 29.0 Å². The van der Waals surface area contributed by atoms with Crippen LogP contribution in [0.1, 0.15) is 16.7 Å². The number of aliphatic carboxylic acids is 2. The van der Waals surface area contributed by atoms with E-state index in [1.807, 2.05) is 6.07 Å². The van der Waals surface area contributed by atoms with Crippen LogP contribution in [-0.4, -0.2) is 27.3 Å². The standard InChI is InChI=1S/C19H20O5/c20-12-15-8-6-14(7-9-15)11-17(19(23)24)16(18(21)22)10-13-4-2-1-3-5-13/h1-9,16-17,20H,10-12H2,(H,21,22)(H,23,24)/t16-,17-/m0/s1. The third-order valence-corrected chi connectivity index (χ3v) is 4.08. The van der Waals surface area contributed by atoms with Crippen molar-refractivity contribution >= 4 is 11.9 Å². The number of carbonyl (C=O) groups is 2. The number of aliphatic hydroxyl groups excluding tert-OH is 1. The molecule has 0 fully saturated rings. The second kappa shape index (κ2) is 8.26. The summed E-state index contributed by atoms with van der Waals surface area (Å²) in [6.07, 6.45) is 0.298. The molecule has 0 saturated heterocycles. The van der Waals surface area contributed by atoms with Gasteiger partial charge in [-0.3, -0.25) is 9.59 Å². The molecule has 0 amide bonds. The van der Waals surface area contributed by atoms with E-state index < -0.39 is 23.8 Å². The molecular formula is C19H20O5. The minimum Gasteiger partial charge on any atom is -0.481 e. The van der Waals surface area contributed by atoms with Crippen molar-refractivity contribution < 1.29 is 24.9 Å². The van der Waals surface area contributed by atoms with Gasteiger partial charge in [0.15, 0.2) is 0 Å². The molecule has 0 heterocycles. The van der Waals surface area contributed by atoms with Gasteiger partial charge in [0.2, 0.25) is 0 Å². The molecule has 2 aromatic carbocycles. The molecule has 0 saturated carbocycles. The number of benzene rings is 2. The molecule has 2 atom stereocenters. The topological polar surface area (TPSA) is 94.8 Å². The van der Waals surface area contributed by atoms with Crippen molar-refractivity contribution in [1.82, 2.24) is 0 Å². The van der Waals surface area contributed by atoms with E-state index in [0.29, 0.717) is 0 Å². The van der Waals surface area contributed by atoms with Gasteiger partial charge in [0, 0.05) is 0 Å². The average molecular weight is 328 g/mol. The molecule has 3 N–H and O–H groups in total. The van der Waals surface area contributed by atoms with E-state index in [1.54, 1.807) is 48.5 Å². The Labute approximate surface area is 140 Å². The van der Waals surface area contributed by atoms with Gasteiger partial charge < -0.3 is 15.3 Å². The van der Waals surface area contributed by atoms with E-state index in [0.717, 1.165) is 16.7 Å². The Hall–Kier alpha value is -2.66. The summed E-state index contributed by atoms with van der Waals surface area (Å²) >= 11 is 0. The normalized spacial score (nSPS) is 13.2. The summed E-state index contributed by atoms with van der Waals surface area (Å²) in [5.41, 5.74) is 2.26. The van der Waals surface area contributed by atoms with Crippen LogP contribution in [0.25, 0.3) is 0 Å². The van der Waals surface area contributed by atoms with Gasteiger partial charge in [0.05, 0.1) is 18.4 Å². The molecule has 2 rings (SSSR count). The van der Waals surface area contributed by atoms with Crippen LogP contribution >= 0.6 is 0 Å². The van der Waals surface area contributed by atoms with Crippen LogP contribution in [0.2, 0.25) is 0 Å². The first-order valence-corrected chi connectivity index (χ1v) is 7.69. The molecule has 126 valence electrons. The lowest BCUT2D eigenvalue weighted by atomic mass is 9.82. The van der Waals surface area contributed by atoms with Gasteiger partial charge >= 0.3 is 11.9 Å². The lowest BCUT2D eigenvalue weighted by Crippen LogP contribution is -2.33. The van der Waals surface area contributed by atoms with Gasteiger partial charge in [-0.15, -0.1) is 0 Å². The zero-order valence-corrected chi connectivity index (χ0v) is 13.1. The lowest BCUT2D eigenvalue weighted by molar-refractivity contribution is -0.153. The van der Waals surface area contributed by atoms with Gasteiger partial charge in [0.25, 0.3) is 0 Å². The van der Waals surface area contributed by atoms with Crippen molar-refractivity contribution in [2.24, 2.45) is 11.8 Å². The Balaban J connectivity index is 2.21. The highest BCUT2D eigenvalue weighted by atomic mass is 16.4. The van der Waals surface area contributed by atoms with Gasteiger partial charge in [-0.1, -0.05) is 54.6 Å². The number of hydrogen-bond acceptors (Lipinski definition) is 3. The Morgan fingerprint density at radius 2 is 1.12 bits per heavy atom. The van der Waals surface area contributed by atoms with E-state index in [-0.39, 0.29) is 19.4 Å².